The predicted molar refractivity (Wildman–Crippen MR) is 130 cm³/mol. The van der Waals surface area contributed by atoms with E-state index in [1.807, 2.05) is 60.7 Å². The lowest BCUT2D eigenvalue weighted by atomic mass is 10.0. The van der Waals surface area contributed by atoms with Crippen molar-refractivity contribution in [2.24, 2.45) is 0 Å². The maximum atomic E-state index is 13.1. The zero-order valence-electron chi connectivity index (χ0n) is 19.3. The zero-order valence-corrected chi connectivity index (χ0v) is 19.3. The number of ether oxygens (including phenoxy) is 2. The summed E-state index contributed by atoms with van der Waals surface area (Å²) in [5.74, 6) is -1.23. The van der Waals surface area contributed by atoms with E-state index in [2.05, 4.69) is 10.6 Å². The van der Waals surface area contributed by atoms with Crippen LogP contribution in [0.2, 0.25) is 0 Å². The number of alkyl carbamates (subject to hydrolysis) is 1. The Morgan fingerprint density at radius 3 is 2.00 bits per heavy atom. The summed E-state index contributed by atoms with van der Waals surface area (Å²) in [6, 6.07) is 23.0. The number of carbonyl (C=O) groups is 3. The summed E-state index contributed by atoms with van der Waals surface area (Å²) in [6.45, 7) is 0.0416. The highest BCUT2D eigenvalue weighted by Gasteiger charge is 2.27. The van der Waals surface area contributed by atoms with Crippen LogP contribution in [0.5, 0.6) is 5.75 Å². The molecule has 8 heteroatoms. The van der Waals surface area contributed by atoms with Crippen molar-refractivity contribution in [1.82, 2.24) is 10.6 Å². The second kappa shape index (κ2) is 12.8. The SMILES string of the molecule is COc1cccc(C[C@@H](NC(=O)[C@H](Cc2ccccc2)NC(=O)OCc2ccccc2)C(=O)O)c1. The Balaban J connectivity index is 1.69. The van der Waals surface area contributed by atoms with Gasteiger partial charge in [-0.2, -0.15) is 0 Å². The van der Waals surface area contributed by atoms with Crippen LogP contribution < -0.4 is 15.4 Å². The Morgan fingerprint density at radius 1 is 0.771 bits per heavy atom. The molecule has 8 nitrogen and oxygen atoms in total. The topological polar surface area (TPSA) is 114 Å². The Hall–Kier alpha value is -4.33. The molecule has 0 bridgehead atoms. The summed E-state index contributed by atoms with van der Waals surface area (Å²) in [5, 5.41) is 14.8. The van der Waals surface area contributed by atoms with Gasteiger partial charge in [0.05, 0.1) is 7.11 Å². The van der Waals surface area contributed by atoms with E-state index in [0.29, 0.717) is 11.3 Å². The van der Waals surface area contributed by atoms with Gasteiger partial charge in [0.15, 0.2) is 0 Å². The Morgan fingerprint density at radius 2 is 1.37 bits per heavy atom. The molecule has 2 atom stereocenters. The molecule has 0 heterocycles. The summed E-state index contributed by atoms with van der Waals surface area (Å²) < 4.78 is 10.4. The van der Waals surface area contributed by atoms with E-state index in [1.165, 1.54) is 7.11 Å². The van der Waals surface area contributed by atoms with Gasteiger partial charge in [-0.05, 0) is 28.8 Å². The van der Waals surface area contributed by atoms with Gasteiger partial charge < -0.3 is 25.2 Å². The van der Waals surface area contributed by atoms with Crippen LogP contribution in [-0.4, -0.2) is 42.3 Å². The molecule has 0 saturated heterocycles. The number of benzene rings is 3. The van der Waals surface area contributed by atoms with E-state index < -0.39 is 30.1 Å². The van der Waals surface area contributed by atoms with Gasteiger partial charge in [0.25, 0.3) is 0 Å². The van der Waals surface area contributed by atoms with E-state index in [0.717, 1.165) is 11.1 Å². The maximum Gasteiger partial charge on any atom is 0.408 e. The van der Waals surface area contributed by atoms with E-state index in [-0.39, 0.29) is 19.4 Å². The third-order valence-electron chi connectivity index (χ3n) is 5.29. The molecule has 0 aliphatic heterocycles. The molecule has 35 heavy (non-hydrogen) atoms. The van der Waals surface area contributed by atoms with Crippen molar-refractivity contribution in [3.8, 4) is 5.75 Å². The smallest absolute Gasteiger partial charge is 0.408 e. The van der Waals surface area contributed by atoms with Crippen LogP contribution in [0.3, 0.4) is 0 Å². The van der Waals surface area contributed by atoms with Crippen molar-refractivity contribution in [2.75, 3.05) is 7.11 Å². The second-order valence-electron chi connectivity index (χ2n) is 7.90. The number of carbonyl (C=O) groups excluding carboxylic acids is 2. The van der Waals surface area contributed by atoms with E-state index in [9.17, 15) is 19.5 Å². The molecule has 0 unspecified atom stereocenters. The number of hydrogen-bond donors (Lipinski definition) is 3. The fraction of sp³-hybridized carbons (Fsp3) is 0.222. The van der Waals surface area contributed by atoms with Crippen LogP contribution in [0.15, 0.2) is 84.9 Å². The largest absolute Gasteiger partial charge is 0.497 e. The van der Waals surface area contributed by atoms with Crippen molar-refractivity contribution in [2.45, 2.75) is 31.5 Å². The van der Waals surface area contributed by atoms with Crippen LogP contribution >= 0.6 is 0 Å². The molecule has 3 N–H and O–H groups in total. The third kappa shape index (κ3) is 8.19. The number of rotatable bonds is 11. The summed E-state index contributed by atoms with van der Waals surface area (Å²) >= 11 is 0. The van der Waals surface area contributed by atoms with Crippen LogP contribution in [0.1, 0.15) is 16.7 Å². The average Bonchev–Trinajstić information content (AvgIpc) is 2.88. The van der Waals surface area contributed by atoms with Gasteiger partial charge in [-0.15, -0.1) is 0 Å². The van der Waals surface area contributed by atoms with Gasteiger partial charge in [0.2, 0.25) is 5.91 Å². The third-order valence-corrected chi connectivity index (χ3v) is 5.29. The number of carboxylic acids is 1. The number of carboxylic acid groups (broad SMARTS) is 1. The molecule has 3 aromatic carbocycles. The van der Waals surface area contributed by atoms with Gasteiger partial charge in [0.1, 0.15) is 24.4 Å². The zero-order chi connectivity index (χ0) is 25.0. The number of aliphatic carboxylic acids is 1. The first-order valence-corrected chi connectivity index (χ1v) is 11.1. The number of amides is 2. The molecule has 0 aliphatic rings. The lowest BCUT2D eigenvalue weighted by Crippen LogP contribution is -2.53. The van der Waals surface area contributed by atoms with Gasteiger partial charge >= 0.3 is 12.1 Å². The van der Waals surface area contributed by atoms with Gasteiger partial charge in [-0.1, -0.05) is 72.8 Å². The van der Waals surface area contributed by atoms with Crippen LogP contribution in [-0.2, 0) is 33.8 Å². The highest BCUT2D eigenvalue weighted by Crippen LogP contribution is 2.14. The monoisotopic (exact) mass is 476 g/mol. The fourth-order valence-corrected chi connectivity index (χ4v) is 3.47. The van der Waals surface area contributed by atoms with Gasteiger partial charge in [-0.3, -0.25) is 4.79 Å². The minimum atomic E-state index is -1.20. The van der Waals surface area contributed by atoms with Crippen LogP contribution in [0.25, 0.3) is 0 Å². The molecule has 3 rings (SSSR count). The standard InChI is InChI=1S/C27H28N2O6/c1-34-22-14-8-13-21(15-22)17-24(26(31)32)28-25(30)23(16-19-9-4-2-5-10-19)29-27(33)35-18-20-11-6-3-7-12-20/h2-15,23-24H,16-18H2,1H3,(H,28,30)(H,29,33)(H,31,32)/t23-,24+/m0/s1. The first kappa shape index (κ1) is 25.3. The first-order chi connectivity index (χ1) is 16.9. The van der Waals surface area contributed by atoms with Crippen molar-refractivity contribution < 1.29 is 29.0 Å². The molecule has 0 aliphatic carbocycles. The van der Waals surface area contributed by atoms with Gasteiger partial charge in [0, 0.05) is 12.8 Å². The highest BCUT2D eigenvalue weighted by atomic mass is 16.5. The van der Waals surface area contributed by atoms with Crippen molar-refractivity contribution in [3.63, 3.8) is 0 Å². The molecule has 0 spiro atoms. The average molecular weight is 477 g/mol. The van der Waals surface area contributed by atoms with Crippen LogP contribution in [0, 0.1) is 0 Å². The van der Waals surface area contributed by atoms with Gasteiger partial charge in [-0.25, -0.2) is 9.59 Å². The molecule has 0 saturated carbocycles. The number of methoxy groups -OCH3 is 1. The summed E-state index contributed by atoms with van der Waals surface area (Å²) in [6.07, 6.45) is -0.558. The lowest BCUT2D eigenvalue weighted by molar-refractivity contribution is -0.142. The fourth-order valence-electron chi connectivity index (χ4n) is 3.47. The minimum absolute atomic E-state index is 0.0416. The minimum Gasteiger partial charge on any atom is -0.497 e. The Labute approximate surface area is 203 Å². The maximum absolute atomic E-state index is 13.1. The summed E-state index contributed by atoms with van der Waals surface area (Å²) in [7, 11) is 1.52. The molecule has 0 radical (unpaired) electrons. The molecular weight excluding hydrogens is 448 g/mol. The second-order valence-corrected chi connectivity index (χ2v) is 7.90. The number of hydrogen-bond acceptors (Lipinski definition) is 5. The summed E-state index contributed by atoms with van der Waals surface area (Å²) in [4.78, 5) is 37.5. The predicted octanol–water partition coefficient (Wildman–Crippen LogP) is 3.34. The normalized spacial score (nSPS) is 12.1. The number of nitrogens with one attached hydrogen (secondary N) is 2. The molecule has 0 fully saturated rings. The molecule has 0 aromatic heterocycles. The van der Waals surface area contributed by atoms with E-state index >= 15 is 0 Å². The van der Waals surface area contributed by atoms with E-state index in [4.69, 9.17) is 9.47 Å². The van der Waals surface area contributed by atoms with Crippen molar-refractivity contribution in [3.05, 3.63) is 102 Å². The lowest BCUT2D eigenvalue weighted by Gasteiger charge is -2.22. The Kier molecular flexibility index (Phi) is 9.24. The molecule has 3 aromatic rings. The quantitative estimate of drug-likeness (QED) is 0.391. The van der Waals surface area contributed by atoms with Crippen molar-refractivity contribution in [1.29, 1.82) is 0 Å². The van der Waals surface area contributed by atoms with E-state index in [1.54, 1.807) is 24.3 Å². The van der Waals surface area contributed by atoms with Crippen LogP contribution in [0.4, 0.5) is 4.79 Å². The summed E-state index contributed by atoms with van der Waals surface area (Å²) in [5.41, 5.74) is 2.29. The first-order valence-electron chi connectivity index (χ1n) is 11.1. The van der Waals surface area contributed by atoms with Crippen molar-refractivity contribution >= 4 is 18.0 Å². The molecular formula is C27H28N2O6. The Bertz CT molecular complexity index is 1120. The molecule has 2 amide bonds. The highest BCUT2D eigenvalue weighted by molar-refractivity contribution is 5.89. The molecule has 182 valence electrons.